The van der Waals surface area contributed by atoms with Crippen LogP contribution < -0.4 is 9.80 Å². The number of rotatable bonds is 11. The van der Waals surface area contributed by atoms with E-state index < -0.39 is 0 Å². The fraction of sp³-hybridized carbons (Fsp3) is 0.0270. The Bertz CT molecular complexity index is 4220. The van der Waals surface area contributed by atoms with E-state index in [1.165, 1.54) is 22.3 Å². The molecule has 0 bridgehead atoms. The van der Waals surface area contributed by atoms with Gasteiger partial charge in [-0.05, 0) is 167 Å². The number of benzene rings is 12. The molecule has 2 aromatic heterocycles. The maximum Gasteiger partial charge on any atom is 0.135 e. The summed E-state index contributed by atoms with van der Waals surface area (Å²) in [5, 5.41) is 4.44. The molecule has 0 atom stereocenters. The van der Waals surface area contributed by atoms with Crippen molar-refractivity contribution in [3.8, 4) is 55.6 Å². The summed E-state index contributed by atoms with van der Waals surface area (Å²) in [7, 11) is 0. The number of nitrogens with zero attached hydrogens (tertiary/aromatic N) is 2. The smallest absolute Gasteiger partial charge is 0.135 e. The van der Waals surface area contributed by atoms with E-state index in [4.69, 9.17) is 8.83 Å². The van der Waals surface area contributed by atoms with Crippen LogP contribution >= 0.6 is 0 Å². The lowest BCUT2D eigenvalue weighted by molar-refractivity contribution is 0.668. The van der Waals surface area contributed by atoms with E-state index in [2.05, 4.69) is 278 Å². The Kier molecular flexibility index (Phi) is 11.6. The SMILES string of the molecule is Cc1cc(-c2ccc(N(c3ccc(-c4ccccc4)cc3)c3ccccc3-c3ccc4oc5ccccc5c4c3)c(C)c2)ccc1N(c1ccc(-c2ccccc2)cc1)c1ccccc1-c1ccc2oc3ccccc3c2c1. The zero-order chi connectivity index (χ0) is 52.1. The molecule has 2 heterocycles. The van der Waals surface area contributed by atoms with Gasteiger partial charge in [0.1, 0.15) is 22.3 Å². The summed E-state index contributed by atoms with van der Waals surface area (Å²) in [6, 6.07) is 100. The zero-order valence-corrected chi connectivity index (χ0v) is 43.3. The number of anilines is 6. The van der Waals surface area contributed by atoms with Gasteiger partial charge in [-0.25, -0.2) is 0 Å². The van der Waals surface area contributed by atoms with Crippen LogP contribution in [0.4, 0.5) is 34.1 Å². The maximum atomic E-state index is 6.28. The average Bonchev–Trinajstić information content (AvgIpc) is 4.15. The van der Waals surface area contributed by atoms with E-state index in [0.717, 1.165) is 123 Å². The van der Waals surface area contributed by atoms with Crippen molar-refractivity contribution in [2.75, 3.05) is 9.80 Å². The second kappa shape index (κ2) is 19.5. The molecular formula is C74H52N2O2. The first-order valence-electron chi connectivity index (χ1n) is 26.6. The predicted octanol–water partition coefficient (Wildman–Crippen LogP) is 21.4. The van der Waals surface area contributed by atoms with Crippen LogP contribution in [0.25, 0.3) is 99.5 Å². The molecule has 0 unspecified atom stereocenters. The van der Waals surface area contributed by atoms with Crippen LogP contribution in [0.1, 0.15) is 11.1 Å². The van der Waals surface area contributed by atoms with Crippen molar-refractivity contribution in [2.45, 2.75) is 13.8 Å². The highest BCUT2D eigenvalue weighted by Gasteiger charge is 2.23. The number of hydrogen-bond donors (Lipinski definition) is 0. The lowest BCUT2D eigenvalue weighted by atomic mass is 9.96. The maximum absolute atomic E-state index is 6.28. The standard InChI is InChI=1S/C74H52N2O2/c1-49-45-55(33-41-67(49)75(59-37-29-53(30-38-59)51-17-5-3-6-18-51)69-25-13-9-21-61(69)57-35-43-73-65(47-57)63-23-11-15-27-71(63)77-73)56-34-42-68(50(2)46-56)76(60-39-31-54(32-40-60)52-19-7-4-8-20-52)70-26-14-10-22-62(70)58-36-44-74-66(48-58)64-24-12-16-28-72(64)78-74/h3-48H,1-2H3. The summed E-state index contributed by atoms with van der Waals surface area (Å²) in [5.41, 5.74) is 23.9. The van der Waals surface area contributed by atoms with Crippen LogP contribution in [0.3, 0.4) is 0 Å². The number of aryl methyl sites for hydroxylation is 2. The van der Waals surface area contributed by atoms with Gasteiger partial charge in [-0.3, -0.25) is 0 Å². The van der Waals surface area contributed by atoms with Crippen molar-refractivity contribution in [1.29, 1.82) is 0 Å². The molecule has 4 heteroatoms. The fourth-order valence-corrected chi connectivity index (χ4v) is 11.5. The Morgan fingerprint density at radius 1 is 0.231 bits per heavy atom. The molecule has 0 fully saturated rings. The largest absolute Gasteiger partial charge is 0.456 e. The number of furan rings is 2. The van der Waals surface area contributed by atoms with Gasteiger partial charge in [-0.1, -0.05) is 182 Å². The molecule has 14 aromatic rings. The van der Waals surface area contributed by atoms with Gasteiger partial charge in [-0.15, -0.1) is 0 Å². The molecule has 0 N–H and O–H groups in total. The number of para-hydroxylation sites is 4. The molecule has 0 aliphatic rings. The van der Waals surface area contributed by atoms with Crippen molar-refractivity contribution in [1.82, 2.24) is 0 Å². The van der Waals surface area contributed by atoms with E-state index in [0.29, 0.717) is 0 Å². The van der Waals surface area contributed by atoms with Gasteiger partial charge in [0.15, 0.2) is 0 Å². The van der Waals surface area contributed by atoms with E-state index in [1.807, 2.05) is 24.3 Å². The third-order valence-electron chi connectivity index (χ3n) is 15.3. The fourth-order valence-electron chi connectivity index (χ4n) is 11.5. The van der Waals surface area contributed by atoms with Crippen LogP contribution in [0, 0.1) is 13.8 Å². The van der Waals surface area contributed by atoms with E-state index in [9.17, 15) is 0 Å². The van der Waals surface area contributed by atoms with Crippen molar-refractivity contribution >= 4 is 78.0 Å². The van der Waals surface area contributed by atoms with E-state index in [-0.39, 0.29) is 0 Å². The summed E-state index contributed by atoms with van der Waals surface area (Å²) >= 11 is 0. The minimum atomic E-state index is 0.882. The average molecular weight is 1000 g/mol. The highest BCUT2D eigenvalue weighted by atomic mass is 16.3. The summed E-state index contributed by atoms with van der Waals surface area (Å²) in [6.45, 7) is 4.47. The van der Waals surface area contributed by atoms with Crippen LogP contribution in [0.15, 0.2) is 288 Å². The van der Waals surface area contributed by atoms with Gasteiger partial charge in [-0.2, -0.15) is 0 Å². The second-order valence-electron chi connectivity index (χ2n) is 20.2. The molecule has 0 spiro atoms. The third kappa shape index (κ3) is 8.37. The minimum Gasteiger partial charge on any atom is -0.456 e. The first-order chi connectivity index (χ1) is 38.5. The molecule has 0 saturated carbocycles. The minimum absolute atomic E-state index is 0.882. The molecule has 14 rings (SSSR count). The van der Waals surface area contributed by atoms with Gasteiger partial charge < -0.3 is 18.6 Å². The molecule has 0 saturated heterocycles. The quantitative estimate of drug-likeness (QED) is 0.129. The Morgan fingerprint density at radius 2 is 0.564 bits per heavy atom. The van der Waals surface area contributed by atoms with Crippen LogP contribution in [-0.2, 0) is 0 Å². The molecule has 12 aromatic carbocycles. The van der Waals surface area contributed by atoms with Crippen molar-refractivity contribution < 1.29 is 8.83 Å². The molecule has 0 aliphatic heterocycles. The van der Waals surface area contributed by atoms with Gasteiger partial charge in [0.05, 0.1) is 11.4 Å². The second-order valence-corrected chi connectivity index (χ2v) is 20.2. The summed E-state index contributed by atoms with van der Waals surface area (Å²) < 4.78 is 12.6. The summed E-state index contributed by atoms with van der Waals surface area (Å²) in [6.07, 6.45) is 0. The lowest BCUT2D eigenvalue weighted by Gasteiger charge is -2.30. The molecule has 0 radical (unpaired) electrons. The summed E-state index contributed by atoms with van der Waals surface area (Å²) in [4.78, 5) is 4.83. The van der Waals surface area contributed by atoms with Gasteiger partial charge in [0, 0.05) is 55.4 Å². The van der Waals surface area contributed by atoms with Gasteiger partial charge in [0.25, 0.3) is 0 Å². The van der Waals surface area contributed by atoms with Gasteiger partial charge in [0.2, 0.25) is 0 Å². The molecular weight excluding hydrogens is 949 g/mol. The van der Waals surface area contributed by atoms with Crippen molar-refractivity contribution in [3.05, 3.63) is 290 Å². The van der Waals surface area contributed by atoms with Gasteiger partial charge >= 0.3 is 0 Å². The van der Waals surface area contributed by atoms with E-state index in [1.54, 1.807) is 0 Å². The third-order valence-corrected chi connectivity index (χ3v) is 15.3. The topological polar surface area (TPSA) is 32.8 Å². The van der Waals surface area contributed by atoms with Crippen LogP contribution in [0.5, 0.6) is 0 Å². The van der Waals surface area contributed by atoms with Crippen LogP contribution in [-0.4, -0.2) is 0 Å². The summed E-state index contributed by atoms with van der Waals surface area (Å²) in [5.74, 6) is 0. The molecule has 370 valence electrons. The van der Waals surface area contributed by atoms with Crippen molar-refractivity contribution in [3.63, 3.8) is 0 Å². The number of fused-ring (bicyclic) bond motifs is 6. The first kappa shape index (κ1) is 46.4. The Hall–Kier alpha value is -10.2. The highest BCUT2D eigenvalue weighted by Crippen LogP contribution is 2.47. The van der Waals surface area contributed by atoms with E-state index >= 15 is 0 Å². The highest BCUT2D eigenvalue weighted by molar-refractivity contribution is 6.08. The number of hydrogen-bond acceptors (Lipinski definition) is 4. The van der Waals surface area contributed by atoms with Crippen molar-refractivity contribution in [2.24, 2.45) is 0 Å². The lowest BCUT2D eigenvalue weighted by Crippen LogP contribution is -2.13. The first-order valence-corrected chi connectivity index (χ1v) is 26.6. The zero-order valence-electron chi connectivity index (χ0n) is 43.3. The Labute approximate surface area is 454 Å². The molecule has 0 aliphatic carbocycles. The predicted molar refractivity (Wildman–Crippen MR) is 327 cm³/mol. The monoisotopic (exact) mass is 1000 g/mol. The Balaban J connectivity index is 0.863. The van der Waals surface area contributed by atoms with Crippen LogP contribution in [0.2, 0.25) is 0 Å². The Morgan fingerprint density at radius 3 is 0.987 bits per heavy atom. The normalized spacial score (nSPS) is 11.5. The molecule has 4 nitrogen and oxygen atoms in total. The molecule has 78 heavy (non-hydrogen) atoms. The molecule has 0 amide bonds.